The number of hydrogen-bond donors (Lipinski definition) is 1. The molecule has 0 aliphatic carbocycles. The first kappa shape index (κ1) is 11.2. The van der Waals surface area contributed by atoms with Gasteiger partial charge >= 0.3 is 5.97 Å². The lowest BCUT2D eigenvalue weighted by Gasteiger charge is -2.09. The highest BCUT2D eigenvalue weighted by Crippen LogP contribution is 2.26. The molecule has 1 rings (SSSR count). The molecule has 80 valence electrons. The Kier molecular flexibility index (Phi) is 3.04. The van der Waals surface area contributed by atoms with Gasteiger partial charge in [-0.15, -0.1) is 0 Å². The Morgan fingerprint density at radius 1 is 1.40 bits per heavy atom. The first-order valence-electron chi connectivity index (χ1n) is 4.09. The van der Waals surface area contributed by atoms with E-state index in [1.807, 2.05) is 0 Å². The van der Waals surface area contributed by atoms with Crippen LogP contribution in [-0.2, 0) is 4.79 Å². The summed E-state index contributed by atoms with van der Waals surface area (Å²) in [5.74, 6) is -3.90. The maximum absolute atomic E-state index is 13.2. The molecule has 0 aliphatic rings. The number of aliphatic carboxylic acids is 1. The summed E-state index contributed by atoms with van der Waals surface area (Å²) in [6.07, 6.45) is 0. The number of methoxy groups -OCH3 is 1. The molecule has 15 heavy (non-hydrogen) atoms. The van der Waals surface area contributed by atoms with Crippen LogP contribution >= 0.6 is 0 Å². The second-order valence-corrected chi connectivity index (χ2v) is 2.91. The Hall–Kier alpha value is -1.91. The lowest BCUT2D eigenvalue weighted by molar-refractivity contribution is -0.131. The maximum atomic E-state index is 13.2. The number of rotatable bonds is 3. The molecule has 1 aromatic carbocycles. The van der Waals surface area contributed by atoms with E-state index in [4.69, 9.17) is 5.11 Å². The van der Waals surface area contributed by atoms with E-state index in [2.05, 4.69) is 4.74 Å². The lowest BCUT2D eigenvalue weighted by atomic mass is 10.0. The summed E-state index contributed by atoms with van der Waals surface area (Å²) < 4.78 is 17.9. The van der Waals surface area contributed by atoms with Crippen LogP contribution in [0.15, 0.2) is 12.1 Å². The van der Waals surface area contributed by atoms with E-state index in [0.29, 0.717) is 5.56 Å². The minimum atomic E-state index is -1.64. The van der Waals surface area contributed by atoms with Crippen LogP contribution in [0.4, 0.5) is 4.39 Å². The van der Waals surface area contributed by atoms with Crippen LogP contribution in [0.2, 0.25) is 0 Å². The lowest BCUT2D eigenvalue weighted by Crippen LogP contribution is -2.16. The fourth-order valence-electron chi connectivity index (χ4n) is 1.24. The van der Waals surface area contributed by atoms with Gasteiger partial charge in [-0.2, -0.15) is 0 Å². The highest BCUT2D eigenvalue weighted by Gasteiger charge is 2.23. The van der Waals surface area contributed by atoms with Crippen LogP contribution in [0.1, 0.15) is 15.9 Å². The predicted molar refractivity (Wildman–Crippen MR) is 49.7 cm³/mol. The summed E-state index contributed by atoms with van der Waals surface area (Å²) >= 11 is 0. The van der Waals surface area contributed by atoms with E-state index in [1.165, 1.54) is 20.1 Å². The van der Waals surface area contributed by atoms with Gasteiger partial charge in [0.25, 0.3) is 5.78 Å². The normalized spacial score (nSPS) is 9.80. The zero-order valence-corrected chi connectivity index (χ0v) is 8.20. The second kappa shape index (κ2) is 4.08. The smallest absolute Gasteiger partial charge is 0.377 e. The zero-order chi connectivity index (χ0) is 11.6. The van der Waals surface area contributed by atoms with Crippen LogP contribution in [0.25, 0.3) is 0 Å². The fraction of sp³-hybridized carbons (Fsp3) is 0.200. The second-order valence-electron chi connectivity index (χ2n) is 2.91. The van der Waals surface area contributed by atoms with Crippen molar-refractivity contribution in [1.82, 2.24) is 0 Å². The molecule has 0 atom stereocenters. The van der Waals surface area contributed by atoms with Crippen LogP contribution in [0, 0.1) is 12.7 Å². The van der Waals surface area contributed by atoms with Crippen LogP contribution in [0.5, 0.6) is 5.75 Å². The molecule has 0 saturated heterocycles. The molecule has 1 N–H and O–H groups in total. The molecule has 5 heteroatoms. The Morgan fingerprint density at radius 2 is 2.00 bits per heavy atom. The molecule has 0 bridgehead atoms. The molecule has 1 aromatic rings. The number of halogens is 1. The molecule has 0 unspecified atom stereocenters. The Labute approximate surface area is 85.3 Å². The minimum absolute atomic E-state index is 0.245. The first-order valence-corrected chi connectivity index (χ1v) is 4.09. The summed E-state index contributed by atoms with van der Waals surface area (Å²) in [6.45, 7) is 1.51. The van der Waals surface area contributed by atoms with Crippen molar-refractivity contribution in [2.24, 2.45) is 0 Å². The maximum Gasteiger partial charge on any atom is 0.377 e. The summed E-state index contributed by atoms with van der Waals surface area (Å²) in [5.41, 5.74) is 0.116. The van der Waals surface area contributed by atoms with Crippen molar-refractivity contribution in [2.45, 2.75) is 6.92 Å². The van der Waals surface area contributed by atoms with Crippen LogP contribution in [-0.4, -0.2) is 24.0 Å². The number of ether oxygens (including phenoxy) is 1. The quantitative estimate of drug-likeness (QED) is 0.607. The van der Waals surface area contributed by atoms with Crippen molar-refractivity contribution in [3.8, 4) is 5.75 Å². The van der Waals surface area contributed by atoms with Gasteiger partial charge in [0.05, 0.1) is 12.7 Å². The van der Waals surface area contributed by atoms with Crippen molar-refractivity contribution >= 4 is 11.8 Å². The Bertz CT molecular complexity index is 426. The van der Waals surface area contributed by atoms with Crippen molar-refractivity contribution in [1.29, 1.82) is 0 Å². The molecule has 0 radical (unpaired) electrons. The SMILES string of the molecule is COc1c(F)ccc(C)c1C(=O)C(=O)O. The van der Waals surface area contributed by atoms with E-state index in [-0.39, 0.29) is 11.3 Å². The third kappa shape index (κ3) is 1.96. The van der Waals surface area contributed by atoms with Gasteiger partial charge in [0.2, 0.25) is 0 Å². The number of hydrogen-bond acceptors (Lipinski definition) is 3. The number of carbonyl (C=O) groups excluding carboxylic acids is 1. The van der Waals surface area contributed by atoms with Gasteiger partial charge in [0.15, 0.2) is 11.6 Å². The van der Waals surface area contributed by atoms with Crippen LogP contribution in [0.3, 0.4) is 0 Å². The van der Waals surface area contributed by atoms with E-state index in [9.17, 15) is 14.0 Å². The molecular weight excluding hydrogens is 203 g/mol. The molecule has 4 nitrogen and oxygen atoms in total. The number of carboxylic acid groups (broad SMARTS) is 1. The number of Topliss-reactive ketones (excluding diaryl/α,β-unsaturated/α-hetero) is 1. The minimum Gasteiger partial charge on any atom is -0.493 e. The first-order chi connectivity index (χ1) is 6.99. The van der Waals surface area contributed by atoms with Gasteiger partial charge in [0.1, 0.15) is 0 Å². The van der Waals surface area contributed by atoms with Crippen molar-refractivity contribution in [3.63, 3.8) is 0 Å². The standard InChI is InChI=1S/C10H9FO4/c1-5-3-4-6(11)9(15-2)7(5)8(12)10(13)14/h3-4H,1-2H3,(H,13,14). The third-order valence-corrected chi connectivity index (χ3v) is 1.94. The van der Waals surface area contributed by atoms with E-state index in [0.717, 1.165) is 6.07 Å². The molecule has 0 fully saturated rings. The van der Waals surface area contributed by atoms with Gasteiger partial charge in [-0.3, -0.25) is 4.79 Å². The fourth-order valence-corrected chi connectivity index (χ4v) is 1.24. The van der Waals surface area contributed by atoms with Crippen molar-refractivity contribution in [2.75, 3.05) is 7.11 Å². The summed E-state index contributed by atoms with van der Waals surface area (Å²) in [7, 11) is 1.18. The van der Waals surface area contributed by atoms with Crippen molar-refractivity contribution < 1.29 is 23.8 Å². The number of benzene rings is 1. The zero-order valence-electron chi connectivity index (χ0n) is 8.20. The number of carbonyl (C=O) groups is 2. The van der Waals surface area contributed by atoms with Gasteiger partial charge in [-0.05, 0) is 18.6 Å². The van der Waals surface area contributed by atoms with Gasteiger partial charge in [-0.25, -0.2) is 9.18 Å². The average Bonchev–Trinajstić information content (AvgIpc) is 2.19. The Morgan fingerprint density at radius 3 is 2.47 bits per heavy atom. The third-order valence-electron chi connectivity index (χ3n) is 1.94. The molecule has 0 saturated carbocycles. The highest BCUT2D eigenvalue weighted by atomic mass is 19.1. The molecule has 0 amide bonds. The monoisotopic (exact) mass is 212 g/mol. The summed E-state index contributed by atoms with van der Waals surface area (Å²) in [5, 5.41) is 8.54. The summed E-state index contributed by atoms with van der Waals surface area (Å²) in [4.78, 5) is 21.8. The van der Waals surface area contributed by atoms with Gasteiger partial charge in [-0.1, -0.05) is 6.07 Å². The highest BCUT2D eigenvalue weighted by molar-refractivity contribution is 6.40. The number of aryl methyl sites for hydroxylation is 1. The van der Waals surface area contributed by atoms with Gasteiger partial charge in [0, 0.05) is 0 Å². The largest absolute Gasteiger partial charge is 0.493 e. The summed E-state index contributed by atoms with van der Waals surface area (Å²) in [6, 6.07) is 2.45. The topological polar surface area (TPSA) is 63.6 Å². The van der Waals surface area contributed by atoms with Gasteiger partial charge < -0.3 is 9.84 Å². The number of carboxylic acids is 1. The molecule has 0 aliphatic heterocycles. The molecule has 0 aromatic heterocycles. The number of ketones is 1. The molecule has 0 heterocycles. The van der Waals surface area contributed by atoms with E-state index < -0.39 is 17.6 Å². The average molecular weight is 212 g/mol. The Balaban J connectivity index is 3.44. The van der Waals surface area contributed by atoms with Crippen molar-refractivity contribution in [3.05, 3.63) is 29.1 Å². The molecule has 0 spiro atoms. The van der Waals surface area contributed by atoms with E-state index in [1.54, 1.807) is 0 Å². The van der Waals surface area contributed by atoms with Crippen LogP contribution < -0.4 is 4.74 Å². The van der Waals surface area contributed by atoms with E-state index >= 15 is 0 Å². The predicted octanol–water partition coefficient (Wildman–Crippen LogP) is 1.41. The molecular formula is C10H9FO4.